The van der Waals surface area contributed by atoms with Gasteiger partial charge in [0.2, 0.25) is 10.0 Å². The maximum atomic E-state index is 12.8. The zero-order valence-electron chi connectivity index (χ0n) is 15.8. The molecule has 3 rings (SSSR count). The molecule has 0 radical (unpaired) electrons. The number of nitrogens with zero attached hydrogens (tertiary/aromatic N) is 2. The average Bonchev–Trinajstić information content (AvgIpc) is 2.68. The second kappa shape index (κ2) is 9.37. The summed E-state index contributed by atoms with van der Waals surface area (Å²) in [7, 11) is -3.52. The van der Waals surface area contributed by atoms with Crippen molar-refractivity contribution >= 4 is 28.3 Å². The molecular formula is C19H30ClN3O3S. The fourth-order valence-corrected chi connectivity index (χ4v) is 5.42. The number of carbonyl (C=O) groups is 1. The Labute approximate surface area is 168 Å². The third-order valence-electron chi connectivity index (χ3n) is 5.60. The molecule has 27 heavy (non-hydrogen) atoms. The van der Waals surface area contributed by atoms with Crippen LogP contribution in [0.15, 0.2) is 29.2 Å². The molecule has 2 aliphatic rings. The zero-order valence-corrected chi connectivity index (χ0v) is 17.5. The van der Waals surface area contributed by atoms with E-state index in [1.165, 1.54) is 10.4 Å². The lowest BCUT2D eigenvalue weighted by atomic mass is 9.90. The highest BCUT2D eigenvalue weighted by Crippen LogP contribution is 2.24. The first-order valence-corrected chi connectivity index (χ1v) is 11.0. The van der Waals surface area contributed by atoms with E-state index in [1.807, 2.05) is 11.8 Å². The molecule has 1 aromatic rings. The van der Waals surface area contributed by atoms with E-state index in [0.29, 0.717) is 37.7 Å². The van der Waals surface area contributed by atoms with Crippen molar-refractivity contribution in [3.63, 3.8) is 0 Å². The van der Waals surface area contributed by atoms with Crippen molar-refractivity contribution in [1.82, 2.24) is 9.21 Å². The summed E-state index contributed by atoms with van der Waals surface area (Å²) in [5.41, 5.74) is 6.41. The Hall–Kier alpha value is -1.15. The van der Waals surface area contributed by atoms with Crippen LogP contribution in [0.1, 0.15) is 49.4 Å². The van der Waals surface area contributed by atoms with Crippen LogP contribution in [0.4, 0.5) is 0 Å². The maximum Gasteiger partial charge on any atom is 0.253 e. The lowest BCUT2D eigenvalue weighted by molar-refractivity contribution is 0.0680. The van der Waals surface area contributed by atoms with Gasteiger partial charge in [-0.25, -0.2) is 8.42 Å². The predicted octanol–water partition coefficient (Wildman–Crippen LogP) is 2.48. The topological polar surface area (TPSA) is 83.7 Å². The molecule has 1 aromatic carbocycles. The molecule has 1 unspecified atom stereocenters. The molecule has 2 heterocycles. The van der Waals surface area contributed by atoms with Crippen LogP contribution in [0, 0.1) is 5.92 Å². The number of nitrogens with two attached hydrogens (primary N) is 1. The Morgan fingerprint density at radius 1 is 1.11 bits per heavy atom. The molecule has 0 bridgehead atoms. The van der Waals surface area contributed by atoms with Gasteiger partial charge < -0.3 is 10.6 Å². The fourth-order valence-electron chi connectivity index (χ4n) is 3.85. The maximum absolute atomic E-state index is 12.8. The van der Waals surface area contributed by atoms with Gasteiger partial charge in [-0.1, -0.05) is 12.5 Å². The molecule has 0 aliphatic carbocycles. The van der Waals surface area contributed by atoms with Gasteiger partial charge in [0.05, 0.1) is 4.90 Å². The second-order valence-corrected chi connectivity index (χ2v) is 9.42. The van der Waals surface area contributed by atoms with Crippen LogP contribution in [0.3, 0.4) is 0 Å². The van der Waals surface area contributed by atoms with E-state index in [0.717, 1.165) is 32.1 Å². The summed E-state index contributed by atoms with van der Waals surface area (Å²) in [6.45, 7) is 4.48. The van der Waals surface area contributed by atoms with Gasteiger partial charge in [-0.15, -0.1) is 12.4 Å². The van der Waals surface area contributed by atoms with Gasteiger partial charge >= 0.3 is 0 Å². The summed E-state index contributed by atoms with van der Waals surface area (Å²) in [5.74, 6) is 0.355. The molecule has 2 N–H and O–H groups in total. The first-order valence-electron chi connectivity index (χ1n) is 9.54. The van der Waals surface area contributed by atoms with Crippen molar-refractivity contribution in [2.24, 2.45) is 11.7 Å². The Morgan fingerprint density at radius 3 is 2.33 bits per heavy atom. The van der Waals surface area contributed by atoms with Gasteiger partial charge in [-0.3, -0.25) is 4.79 Å². The van der Waals surface area contributed by atoms with Gasteiger partial charge in [-0.2, -0.15) is 4.31 Å². The molecule has 2 saturated heterocycles. The van der Waals surface area contributed by atoms with E-state index < -0.39 is 10.0 Å². The highest BCUT2D eigenvalue weighted by Gasteiger charge is 2.28. The van der Waals surface area contributed by atoms with Crippen molar-refractivity contribution in [2.45, 2.75) is 50.0 Å². The normalized spacial score (nSPS) is 20.7. The van der Waals surface area contributed by atoms with Crippen molar-refractivity contribution in [3.8, 4) is 0 Å². The van der Waals surface area contributed by atoms with Crippen molar-refractivity contribution in [3.05, 3.63) is 29.8 Å². The van der Waals surface area contributed by atoms with Crippen molar-refractivity contribution in [2.75, 3.05) is 26.2 Å². The molecule has 2 fully saturated rings. The van der Waals surface area contributed by atoms with Crippen LogP contribution in [-0.4, -0.2) is 55.8 Å². The van der Waals surface area contributed by atoms with Crippen LogP contribution >= 0.6 is 12.4 Å². The van der Waals surface area contributed by atoms with Crippen molar-refractivity contribution < 1.29 is 13.2 Å². The predicted molar refractivity (Wildman–Crippen MR) is 109 cm³/mol. The van der Waals surface area contributed by atoms with Crippen LogP contribution in [0.2, 0.25) is 0 Å². The smallest absolute Gasteiger partial charge is 0.253 e. The second-order valence-electron chi connectivity index (χ2n) is 7.48. The van der Waals surface area contributed by atoms with E-state index in [1.54, 1.807) is 18.2 Å². The largest absolute Gasteiger partial charge is 0.339 e. The summed E-state index contributed by atoms with van der Waals surface area (Å²) >= 11 is 0. The molecule has 2 aliphatic heterocycles. The van der Waals surface area contributed by atoms with Gasteiger partial charge in [0.25, 0.3) is 5.91 Å². The minimum atomic E-state index is -3.52. The molecule has 1 amide bonds. The van der Waals surface area contributed by atoms with Crippen LogP contribution in [0.5, 0.6) is 0 Å². The molecule has 0 spiro atoms. The van der Waals surface area contributed by atoms with Crippen LogP contribution < -0.4 is 5.73 Å². The lowest BCUT2D eigenvalue weighted by Crippen LogP contribution is -2.42. The quantitative estimate of drug-likeness (QED) is 0.818. The van der Waals surface area contributed by atoms with E-state index in [-0.39, 0.29) is 29.3 Å². The highest BCUT2D eigenvalue weighted by molar-refractivity contribution is 7.89. The standard InChI is InChI=1S/C19H29N3O3S.ClH/c1-15(20)16-8-12-21(13-9-16)19(23)17-6-5-7-18(14-17)26(24,25)22-10-3-2-4-11-22;/h5-7,14-16H,2-4,8-13,20H2,1H3;1H. The highest BCUT2D eigenvalue weighted by atomic mass is 35.5. The summed E-state index contributed by atoms with van der Waals surface area (Å²) in [6, 6.07) is 6.63. The molecule has 1 atom stereocenters. The minimum Gasteiger partial charge on any atom is -0.339 e. The minimum absolute atomic E-state index is 0. The first-order chi connectivity index (χ1) is 12.4. The van der Waals surface area contributed by atoms with Crippen LogP contribution in [0.25, 0.3) is 0 Å². The number of carbonyl (C=O) groups excluding carboxylic acids is 1. The SMILES string of the molecule is CC(N)C1CCN(C(=O)c2cccc(S(=O)(=O)N3CCCCC3)c2)CC1.Cl. The summed E-state index contributed by atoms with van der Waals surface area (Å²) in [5, 5.41) is 0. The Balaban J connectivity index is 0.00000261. The van der Waals surface area contributed by atoms with Gasteiger partial charge in [0, 0.05) is 37.8 Å². The number of likely N-dealkylation sites (tertiary alicyclic amines) is 1. The lowest BCUT2D eigenvalue weighted by Gasteiger charge is -2.33. The van der Waals surface area contributed by atoms with Crippen LogP contribution in [-0.2, 0) is 10.0 Å². The number of halogens is 1. The zero-order chi connectivity index (χ0) is 18.7. The molecule has 6 nitrogen and oxygen atoms in total. The first kappa shape index (κ1) is 22.1. The fraction of sp³-hybridized carbons (Fsp3) is 0.632. The Bertz CT molecular complexity index is 740. The molecular weight excluding hydrogens is 386 g/mol. The monoisotopic (exact) mass is 415 g/mol. The van der Waals surface area contributed by atoms with Gasteiger partial charge in [0.1, 0.15) is 0 Å². The van der Waals surface area contributed by atoms with E-state index in [2.05, 4.69) is 0 Å². The Morgan fingerprint density at radius 2 is 1.74 bits per heavy atom. The number of amides is 1. The Kier molecular flexibility index (Phi) is 7.68. The number of benzene rings is 1. The average molecular weight is 416 g/mol. The molecule has 8 heteroatoms. The molecule has 0 aromatic heterocycles. The van der Waals surface area contributed by atoms with Gasteiger partial charge in [0.15, 0.2) is 0 Å². The third-order valence-corrected chi connectivity index (χ3v) is 7.50. The van der Waals surface area contributed by atoms with Gasteiger partial charge in [-0.05, 0) is 56.7 Å². The number of sulfonamides is 1. The number of piperidine rings is 2. The number of hydrogen-bond donors (Lipinski definition) is 1. The van der Waals surface area contributed by atoms with E-state index in [4.69, 9.17) is 5.73 Å². The number of hydrogen-bond acceptors (Lipinski definition) is 4. The summed E-state index contributed by atoms with van der Waals surface area (Å²) < 4.78 is 27.2. The van der Waals surface area contributed by atoms with E-state index in [9.17, 15) is 13.2 Å². The van der Waals surface area contributed by atoms with E-state index >= 15 is 0 Å². The molecule has 0 saturated carbocycles. The third kappa shape index (κ3) is 5.02. The molecule has 152 valence electrons. The summed E-state index contributed by atoms with van der Waals surface area (Å²) in [6.07, 6.45) is 4.66. The summed E-state index contributed by atoms with van der Waals surface area (Å²) in [4.78, 5) is 14.8. The number of rotatable bonds is 4. The van der Waals surface area contributed by atoms with Crippen molar-refractivity contribution in [1.29, 1.82) is 0 Å².